The second-order valence-electron chi connectivity index (χ2n) is 5.52. The second-order valence-corrected chi connectivity index (χ2v) is 5.52. The van der Waals surface area contributed by atoms with Crippen molar-refractivity contribution in [1.29, 1.82) is 0 Å². The smallest absolute Gasteiger partial charge is 0.289 e. The molecule has 2 heterocycles. The highest BCUT2D eigenvalue weighted by molar-refractivity contribution is 5.91. The van der Waals surface area contributed by atoms with E-state index in [9.17, 15) is 4.79 Å². The normalized spacial score (nSPS) is 11.3. The van der Waals surface area contributed by atoms with Crippen LogP contribution in [-0.4, -0.2) is 32.4 Å². The summed E-state index contributed by atoms with van der Waals surface area (Å²) in [5.74, 6) is 1.07. The third kappa shape index (κ3) is 3.68. The Labute approximate surface area is 123 Å². The lowest BCUT2D eigenvalue weighted by atomic mass is 10.1. The average molecular weight is 291 g/mol. The van der Waals surface area contributed by atoms with Gasteiger partial charge in [-0.15, -0.1) is 10.2 Å². The molecule has 0 saturated heterocycles. The first-order chi connectivity index (χ1) is 9.99. The molecule has 0 fully saturated rings. The summed E-state index contributed by atoms with van der Waals surface area (Å²) in [7, 11) is 0. The zero-order valence-electron chi connectivity index (χ0n) is 12.8. The molecular formula is C14H21N5O2. The molecule has 0 aliphatic carbocycles. The number of rotatable bonds is 6. The molecule has 0 aromatic carbocycles. The zero-order chi connectivity index (χ0) is 15.4. The van der Waals surface area contributed by atoms with Crippen molar-refractivity contribution < 1.29 is 9.32 Å². The van der Waals surface area contributed by atoms with Gasteiger partial charge in [-0.1, -0.05) is 19.0 Å². The quantitative estimate of drug-likeness (QED) is 0.879. The predicted octanol–water partition coefficient (Wildman–Crippen LogP) is 1.94. The van der Waals surface area contributed by atoms with Gasteiger partial charge in [-0.05, 0) is 19.8 Å². The molecule has 114 valence electrons. The molecule has 2 aromatic rings. The molecule has 1 amide bonds. The van der Waals surface area contributed by atoms with E-state index in [4.69, 9.17) is 4.52 Å². The molecule has 0 atom stereocenters. The van der Waals surface area contributed by atoms with E-state index in [0.29, 0.717) is 19.0 Å². The largest absolute Gasteiger partial charge is 0.351 e. The van der Waals surface area contributed by atoms with Crippen LogP contribution in [0.2, 0.25) is 0 Å². The monoisotopic (exact) mass is 291 g/mol. The molecule has 2 rings (SSSR count). The van der Waals surface area contributed by atoms with E-state index in [1.807, 2.05) is 18.4 Å². The van der Waals surface area contributed by atoms with E-state index in [1.54, 1.807) is 12.4 Å². The summed E-state index contributed by atoms with van der Waals surface area (Å²) in [5.41, 5.74) is 0.778. The first-order valence-electron chi connectivity index (χ1n) is 7.12. The molecule has 0 aliphatic rings. The van der Waals surface area contributed by atoms with Gasteiger partial charge in [0.05, 0.1) is 5.69 Å². The van der Waals surface area contributed by atoms with Crippen molar-refractivity contribution in [2.24, 2.45) is 0 Å². The van der Waals surface area contributed by atoms with Gasteiger partial charge in [0, 0.05) is 25.1 Å². The van der Waals surface area contributed by atoms with Crippen LogP contribution in [0.3, 0.4) is 0 Å². The van der Waals surface area contributed by atoms with Crippen molar-refractivity contribution in [2.75, 3.05) is 6.54 Å². The van der Waals surface area contributed by atoms with Crippen molar-refractivity contribution >= 4 is 5.91 Å². The lowest BCUT2D eigenvalue weighted by Gasteiger charge is -2.09. The van der Waals surface area contributed by atoms with Crippen LogP contribution in [0.1, 0.15) is 61.7 Å². The number of carbonyl (C=O) groups excluding carboxylic acids is 1. The summed E-state index contributed by atoms with van der Waals surface area (Å²) in [5, 5.41) is 14.6. The maximum absolute atomic E-state index is 11.9. The van der Waals surface area contributed by atoms with Gasteiger partial charge >= 0.3 is 0 Å². The molecular weight excluding hydrogens is 270 g/mol. The summed E-state index contributed by atoms with van der Waals surface area (Å²) in [6, 6.07) is 1.98. The van der Waals surface area contributed by atoms with Crippen molar-refractivity contribution in [1.82, 2.24) is 25.2 Å². The Balaban J connectivity index is 1.88. The number of aromatic nitrogens is 4. The van der Waals surface area contributed by atoms with Gasteiger partial charge in [0.15, 0.2) is 0 Å². The minimum Gasteiger partial charge on any atom is -0.351 e. The molecule has 0 saturated carbocycles. The van der Waals surface area contributed by atoms with Gasteiger partial charge in [0.25, 0.3) is 5.91 Å². The number of nitrogens with zero attached hydrogens (tertiary/aromatic N) is 4. The standard InChI is InChI=1S/C14H21N5O2/c1-9(2)11-7-12(21-18-11)14(20)15-6-5-13-17-16-8-19(13)10(3)4/h7-10H,5-6H2,1-4H3,(H,15,20). The van der Waals surface area contributed by atoms with Gasteiger partial charge in [-0.3, -0.25) is 4.79 Å². The van der Waals surface area contributed by atoms with Gasteiger partial charge in [0.1, 0.15) is 12.2 Å². The van der Waals surface area contributed by atoms with Crippen LogP contribution in [0, 0.1) is 0 Å². The van der Waals surface area contributed by atoms with Crippen molar-refractivity contribution in [3.05, 3.63) is 29.7 Å². The van der Waals surface area contributed by atoms with E-state index in [1.165, 1.54) is 0 Å². The third-order valence-electron chi connectivity index (χ3n) is 3.18. The van der Waals surface area contributed by atoms with Crippen LogP contribution in [0.15, 0.2) is 16.9 Å². The van der Waals surface area contributed by atoms with E-state index in [-0.39, 0.29) is 17.6 Å². The van der Waals surface area contributed by atoms with Gasteiger partial charge in [-0.2, -0.15) is 0 Å². The van der Waals surface area contributed by atoms with Crippen LogP contribution >= 0.6 is 0 Å². The van der Waals surface area contributed by atoms with E-state index < -0.39 is 0 Å². The third-order valence-corrected chi connectivity index (χ3v) is 3.18. The van der Waals surface area contributed by atoms with Crippen LogP contribution in [0.25, 0.3) is 0 Å². The Kier molecular flexibility index (Phi) is 4.72. The van der Waals surface area contributed by atoms with Crippen molar-refractivity contribution in [3.8, 4) is 0 Å². The molecule has 0 aliphatic heterocycles. The lowest BCUT2D eigenvalue weighted by molar-refractivity contribution is 0.0917. The van der Waals surface area contributed by atoms with E-state index >= 15 is 0 Å². The van der Waals surface area contributed by atoms with Crippen LogP contribution in [0.5, 0.6) is 0 Å². The fourth-order valence-electron chi connectivity index (χ4n) is 1.92. The minimum atomic E-state index is -0.259. The molecule has 0 spiro atoms. The highest BCUT2D eigenvalue weighted by atomic mass is 16.5. The molecule has 21 heavy (non-hydrogen) atoms. The van der Waals surface area contributed by atoms with Crippen molar-refractivity contribution in [3.63, 3.8) is 0 Å². The van der Waals surface area contributed by atoms with Crippen molar-refractivity contribution in [2.45, 2.75) is 46.1 Å². The fraction of sp³-hybridized carbons (Fsp3) is 0.571. The maximum Gasteiger partial charge on any atom is 0.289 e. The average Bonchev–Trinajstić information content (AvgIpc) is 3.07. The molecule has 7 heteroatoms. The highest BCUT2D eigenvalue weighted by Gasteiger charge is 2.15. The lowest BCUT2D eigenvalue weighted by Crippen LogP contribution is -2.26. The second kappa shape index (κ2) is 6.51. The summed E-state index contributed by atoms with van der Waals surface area (Å²) in [4.78, 5) is 11.9. The summed E-state index contributed by atoms with van der Waals surface area (Å²) in [6.45, 7) is 8.60. The number of hydrogen-bond donors (Lipinski definition) is 1. The summed E-state index contributed by atoms with van der Waals surface area (Å²) in [6.07, 6.45) is 2.32. The Bertz CT molecular complexity index is 600. The van der Waals surface area contributed by atoms with E-state index in [0.717, 1.165) is 11.5 Å². The fourth-order valence-corrected chi connectivity index (χ4v) is 1.92. The Morgan fingerprint density at radius 2 is 2.14 bits per heavy atom. The Morgan fingerprint density at radius 1 is 1.38 bits per heavy atom. The van der Waals surface area contributed by atoms with E-state index in [2.05, 4.69) is 34.5 Å². The first kappa shape index (κ1) is 15.2. The van der Waals surface area contributed by atoms with Gasteiger partial charge < -0.3 is 14.4 Å². The number of hydrogen-bond acceptors (Lipinski definition) is 5. The molecule has 2 aromatic heterocycles. The maximum atomic E-state index is 11.9. The molecule has 0 unspecified atom stereocenters. The number of carbonyl (C=O) groups is 1. The Hall–Kier alpha value is -2.18. The van der Waals surface area contributed by atoms with Gasteiger partial charge in [-0.25, -0.2) is 0 Å². The molecule has 0 radical (unpaired) electrons. The Morgan fingerprint density at radius 3 is 2.76 bits per heavy atom. The van der Waals surface area contributed by atoms with Crippen LogP contribution < -0.4 is 5.32 Å². The minimum absolute atomic E-state index is 0.236. The summed E-state index contributed by atoms with van der Waals surface area (Å²) < 4.78 is 7.03. The number of amides is 1. The topological polar surface area (TPSA) is 85.8 Å². The predicted molar refractivity (Wildman–Crippen MR) is 77.0 cm³/mol. The SMILES string of the molecule is CC(C)c1cc(C(=O)NCCc2nncn2C(C)C)on1. The van der Waals surface area contributed by atoms with Crippen LogP contribution in [-0.2, 0) is 6.42 Å². The van der Waals surface area contributed by atoms with Gasteiger partial charge in [0.2, 0.25) is 5.76 Å². The first-order valence-corrected chi connectivity index (χ1v) is 7.12. The zero-order valence-corrected chi connectivity index (χ0v) is 12.8. The molecule has 1 N–H and O–H groups in total. The summed E-state index contributed by atoms with van der Waals surface area (Å²) >= 11 is 0. The highest BCUT2D eigenvalue weighted by Crippen LogP contribution is 2.13. The molecule has 7 nitrogen and oxygen atoms in total. The molecule has 0 bridgehead atoms. The van der Waals surface area contributed by atoms with Crippen LogP contribution in [0.4, 0.5) is 0 Å². The number of nitrogens with one attached hydrogen (secondary N) is 1.